The summed E-state index contributed by atoms with van der Waals surface area (Å²) >= 11 is 1.59. The molecule has 0 unspecified atom stereocenters. The monoisotopic (exact) mass is 413 g/mol. The fourth-order valence-electron chi connectivity index (χ4n) is 4.87. The van der Waals surface area contributed by atoms with Gasteiger partial charge in [0.15, 0.2) is 11.0 Å². The Kier molecular flexibility index (Phi) is 6.25. The summed E-state index contributed by atoms with van der Waals surface area (Å²) in [7, 11) is 2.00. The van der Waals surface area contributed by atoms with Crippen LogP contribution in [0.4, 0.5) is 0 Å². The van der Waals surface area contributed by atoms with E-state index in [1.165, 1.54) is 6.42 Å². The van der Waals surface area contributed by atoms with Crippen molar-refractivity contribution in [1.29, 1.82) is 0 Å². The molecule has 4 rings (SSSR count). The molecule has 2 aliphatic heterocycles. The van der Waals surface area contributed by atoms with Gasteiger partial charge in [-0.1, -0.05) is 48.5 Å². The highest BCUT2D eigenvalue weighted by molar-refractivity contribution is 7.98. The van der Waals surface area contributed by atoms with E-state index >= 15 is 0 Å². The molecule has 2 saturated heterocycles. The molecular weight excluding hydrogens is 382 g/mol. The second-order valence-corrected chi connectivity index (χ2v) is 8.96. The molecular formula is C22H31N5OS. The van der Waals surface area contributed by atoms with Gasteiger partial charge in [-0.15, -0.1) is 10.2 Å². The first-order valence-corrected chi connectivity index (χ1v) is 11.9. The zero-order valence-corrected chi connectivity index (χ0v) is 18.4. The fraction of sp³-hybridized carbons (Fsp3) is 0.591. The summed E-state index contributed by atoms with van der Waals surface area (Å²) in [6.07, 6.45) is 7.52. The minimum atomic E-state index is -0.222. The summed E-state index contributed by atoms with van der Waals surface area (Å²) < 4.78 is 2.04. The van der Waals surface area contributed by atoms with Crippen molar-refractivity contribution < 1.29 is 4.79 Å². The maximum Gasteiger partial charge on any atom is 0.245 e. The van der Waals surface area contributed by atoms with E-state index < -0.39 is 0 Å². The van der Waals surface area contributed by atoms with Crippen molar-refractivity contribution in [2.45, 2.75) is 62.3 Å². The molecule has 1 aromatic carbocycles. The van der Waals surface area contributed by atoms with Crippen molar-refractivity contribution in [2.75, 3.05) is 19.3 Å². The summed E-state index contributed by atoms with van der Waals surface area (Å²) in [6.45, 7) is 4.03. The van der Waals surface area contributed by atoms with Crippen LogP contribution in [0.25, 0.3) is 0 Å². The number of piperidine rings is 1. The summed E-state index contributed by atoms with van der Waals surface area (Å²) in [4.78, 5) is 18.5. The van der Waals surface area contributed by atoms with Gasteiger partial charge in [0.05, 0.1) is 6.04 Å². The van der Waals surface area contributed by atoms with Crippen LogP contribution in [-0.4, -0.2) is 55.9 Å². The van der Waals surface area contributed by atoms with E-state index in [0.29, 0.717) is 6.04 Å². The predicted octanol–water partition coefficient (Wildman–Crippen LogP) is 3.82. The average molecular weight is 414 g/mol. The lowest BCUT2D eigenvalue weighted by Gasteiger charge is -2.41. The third-order valence-corrected chi connectivity index (χ3v) is 7.14. The van der Waals surface area contributed by atoms with Crippen LogP contribution >= 0.6 is 11.8 Å². The Hall–Kier alpha value is -1.86. The van der Waals surface area contributed by atoms with E-state index in [1.54, 1.807) is 11.8 Å². The van der Waals surface area contributed by atoms with Crippen molar-refractivity contribution in [2.24, 2.45) is 7.05 Å². The maximum atomic E-state index is 14.0. The van der Waals surface area contributed by atoms with Crippen molar-refractivity contribution in [1.82, 2.24) is 24.6 Å². The normalized spacial score (nSPS) is 24.0. The van der Waals surface area contributed by atoms with Gasteiger partial charge >= 0.3 is 0 Å². The lowest BCUT2D eigenvalue weighted by Crippen LogP contribution is -2.48. The smallest absolute Gasteiger partial charge is 0.245 e. The number of nitrogens with zero attached hydrogens (tertiary/aromatic N) is 5. The highest BCUT2D eigenvalue weighted by atomic mass is 32.2. The van der Waals surface area contributed by atoms with E-state index in [0.717, 1.165) is 55.3 Å². The van der Waals surface area contributed by atoms with Gasteiger partial charge < -0.3 is 9.47 Å². The van der Waals surface area contributed by atoms with Crippen LogP contribution in [0.5, 0.6) is 0 Å². The summed E-state index contributed by atoms with van der Waals surface area (Å²) in [5, 5.41) is 9.64. The van der Waals surface area contributed by atoms with Crippen LogP contribution in [0.3, 0.4) is 0 Å². The second kappa shape index (κ2) is 8.88. The number of aromatic nitrogens is 3. The number of amides is 1. The van der Waals surface area contributed by atoms with Gasteiger partial charge in [0.1, 0.15) is 6.04 Å². The number of thioether (sulfide) groups is 1. The Morgan fingerprint density at radius 1 is 1.10 bits per heavy atom. The third-order valence-electron chi connectivity index (χ3n) is 6.42. The van der Waals surface area contributed by atoms with Crippen molar-refractivity contribution >= 4 is 17.7 Å². The molecule has 0 saturated carbocycles. The van der Waals surface area contributed by atoms with Crippen molar-refractivity contribution in [3.8, 4) is 0 Å². The minimum absolute atomic E-state index is 0.00667. The molecule has 156 valence electrons. The zero-order chi connectivity index (χ0) is 20.4. The maximum absolute atomic E-state index is 14.0. The van der Waals surface area contributed by atoms with Crippen LogP contribution in [0.1, 0.15) is 62.5 Å². The molecule has 0 aliphatic carbocycles. The van der Waals surface area contributed by atoms with Gasteiger partial charge in [-0.05, 0) is 51.0 Å². The Bertz CT molecular complexity index is 839. The number of hydrogen-bond donors (Lipinski definition) is 0. The first-order valence-electron chi connectivity index (χ1n) is 10.7. The second-order valence-electron chi connectivity index (χ2n) is 8.19. The lowest BCUT2D eigenvalue weighted by atomic mass is 9.96. The Balaban J connectivity index is 1.67. The van der Waals surface area contributed by atoms with Crippen LogP contribution in [0, 0.1) is 0 Å². The van der Waals surface area contributed by atoms with Crippen molar-refractivity contribution in [3.05, 3.63) is 41.7 Å². The number of benzene rings is 1. The summed E-state index contributed by atoms with van der Waals surface area (Å²) in [5.41, 5.74) is 1.10. The quantitative estimate of drug-likeness (QED) is 0.698. The van der Waals surface area contributed by atoms with Gasteiger partial charge in [-0.2, -0.15) is 0 Å². The molecule has 2 aliphatic rings. The van der Waals surface area contributed by atoms with E-state index in [9.17, 15) is 4.79 Å². The number of likely N-dealkylation sites (tertiary alicyclic amines) is 2. The molecule has 2 aromatic rings. The molecule has 2 fully saturated rings. The van der Waals surface area contributed by atoms with Gasteiger partial charge in [-0.25, -0.2) is 0 Å². The van der Waals surface area contributed by atoms with Crippen LogP contribution in [0.15, 0.2) is 35.5 Å². The molecule has 1 amide bonds. The molecule has 0 spiro atoms. The molecule has 3 heterocycles. The molecule has 3 atom stereocenters. The number of carbonyl (C=O) groups is 1. The Morgan fingerprint density at radius 3 is 2.59 bits per heavy atom. The zero-order valence-electron chi connectivity index (χ0n) is 17.6. The topological polar surface area (TPSA) is 54.3 Å². The molecule has 1 aromatic heterocycles. The standard InChI is InChI=1S/C22H31N5OS/c1-16-10-7-8-14-26(16)19(17-11-5-4-6-12-17)21(28)27-15-9-13-18(27)20-23-24-22(29-3)25(20)2/h4-6,11-12,16,18-19H,7-10,13-15H2,1-3H3/t16-,18-,19-/m0/s1. The highest BCUT2D eigenvalue weighted by Gasteiger charge is 2.40. The van der Waals surface area contributed by atoms with Gasteiger partial charge in [0, 0.05) is 19.6 Å². The molecule has 0 bridgehead atoms. The van der Waals surface area contributed by atoms with Gasteiger partial charge in [0.2, 0.25) is 5.91 Å². The lowest BCUT2D eigenvalue weighted by molar-refractivity contribution is -0.140. The molecule has 29 heavy (non-hydrogen) atoms. The molecule has 6 nitrogen and oxygen atoms in total. The summed E-state index contributed by atoms with van der Waals surface area (Å²) in [6, 6.07) is 10.5. The fourth-order valence-corrected chi connectivity index (χ4v) is 5.36. The number of carbonyl (C=O) groups excluding carboxylic acids is 1. The Labute approximate surface area is 177 Å². The van der Waals surface area contributed by atoms with Crippen LogP contribution < -0.4 is 0 Å². The molecule has 7 heteroatoms. The largest absolute Gasteiger partial charge is 0.331 e. The van der Waals surface area contributed by atoms with E-state index in [-0.39, 0.29) is 18.0 Å². The summed E-state index contributed by atoms with van der Waals surface area (Å²) in [5.74, 6) is 1.11. The SMILES string of the molecule is CSc1nnc([C@@H]2CCCN2C(=O)[C@H](c2ccccc2)N2CCCC[C@@H]2C)n1C. The number of hydrogen-bond acceptors (Lipinski definition) is 5. The van der Waals surface area contributed by atoms with E-state index in [4.69, 9.17) is 0 Å². The number of rotatable bonds is 5. The van der Waals surface area contributed by atoms with E-state index in [2.05, 4.69) is 39.1 Å². The Morgan fingerprint density at radius 2 is 1.90 bits per heavy atom. The van der Waals surface area contributed by atoms with E-state index in [1.807, 2.05) is 36.1 Å². The molecule has 0 radical (unpaired) electrons. The van der Waals surface area contributed by atoms with Crippen LogP contribution in [-0.2, 0) is 11.8 Å². The van der Waals surface area contributed by atoms with Crippen LogP contribution in [0.2, 0.25) is 0 Å². The molecule has 0 N–H and O–H groups in total. The highest BCUT2D eigenvalue weighted by Crippen LogP contribution is 2.37. The van der Waals surface area contributed by atoms with Gasteiger partial charge in [-0.3, -0.25) is 9.69 Å². The van der Waals surface area contributed by atoms with Crippen molar-refractivity contribution in [3.63, 3.8) is 0 Å². The van der Waals surface area contributed by atoms with Gasteiger partial charge in [0.25, 0.3) is 0 Å². The first-order chi connectivity index (χ1) is 14.1. The predicted molar refractivity (Wildman–Crippen MR) is 116 cm³/mol. The average Bonchev–Trinajstić information content (AvgIpc) is 3.36. The first kappa shape index (κ1) is 20.4. The third kappa shape index (κ3) is 3.94. The minimum Gasteiger partial charge on any atom is -0.331 e.